The third-order valence-corrected chi connectivity index (χ3v) is 4.71. The fraction of sp³-hybridized carbons (Fsp3) is 0.429. The van der Waals surface area contributed by atoms with Crippen LogP contribution in [0.1, 0.15) is 61.8 Å². The van der Waals surface area contributed by atoms with Crippen LogP contribution in [-0.2, 0) is 19.3 Å². The lowest BCUT2D eigenvalue weighted by molar-refractivity contribution is 0.757. The first-order valence-corrected chi connectivity index (χ1v) is 8.56. The van der Waals surface area contributed by atoms with E-state index in [9.17, 15) is 0 Å². The molecule has 0 atom stereocenters. The summed E-state index contributed by atoms with van der Waals surface area (Å²) in [4.78, 5) is 0. The van der Waals surface area contributed by atoms with E-state index in [2.05, 4.69) is 50.2 Å². The molecular weight excluding hydrogens is 252 g/mol. The Labute approximate surface area is 129 Å². The van der Waals surface area contributed by atoms with Gasteiger partial charge in [0.05, 0.1) is 0 Å². The Hall–Kier alpha value is -1.56. The molecule has 1 aliphatic carbocycles. The molecule has 0 amide bonds. The van der Waals surface area contributed by atoms with Gasteiger partial charge in [-0.15, -0.1) is 0 Å². The van der Waals surface area contributed by atoms with Crippen molar-refractivity contribution in [2.75, 3.05) is 0 Å². The number of unbranched alkanes of at least 4 members (excludes halogenated alkanes) is 2. The van der Waals surface area contributed by atoms with Crippen LogP contribution in [0.5, 0.6) is 0 Å². The first-order valence-electron chi connectivity index (χ1n) is 8.56. The largest absolute Gasteiger partial charge is 0.0654 e. The number of aryl methyl sites for hydroxylation is 2. The lowest BCUT2D eigenvalue weighted by Crippen LogP contribution is -1.97. The van der Waals surface area contributed by atoms with Crippen molar-refractivity contribution in [3.8, 4) is 11.1 Å². The molecule has 0 radical (unpaired) electrons. The van der Waals surface area contributed by atoms with Crippen molar-refractivity contribution in [2.24, 2.45) is 0 Å². The van der Waals surface area contributed by atoms with Gasteiger partial charge in [0, 0.05) is 0 Å². The number of hydrogen-bond donors (Lipinski definition) is 0. The van der Waals surface area contributed by atoms with Gasteiger partial charge in [-0.2, -0.15) is 0 Å². The molecule has 1 aliphatic rings. The van der Waals surface area contributed by atoms with Crippen LogP contribution in [-0.4, -0.2) is 0 Å². The minimum absolute atomic E-state index is 1.12. The Morgan fingerprint density at radius 2 is 1.43 bits per heavy atom. The molecule has 0 aliphatic heterocycles. The summed E-state index contributed by atoms with van der Waals surface area (Å²) in [6.45, 7) is 4.57. The Morgan fingerprint density at radius 3 is 2.14 bits per heavy atom. The highest BCUT2D eigenvalue weighted by molar-refractivity contribution is 5.77. The second kappa shape index (κ2) is 6.47. The van der Waals surface area contributed by atoms with E-state index in [0.29, 0.717) is 0 Å². The number of fused-ring (bicyclic) bond motifs is 3. The van der Waals surface area contributed by atoms with Crippen LogP contribution < -0.4 is 0 Å². The molecule has 2 aromatic carbocycles. The highest BCUT2D eigenvalue weighted by Crippen LogP contribution is 2.38. The standard InChI is InChI=1S/C21H26/c1-3-5-9-16-13-19-14-18-11-7-8-12-20(18)21(19)15-17(16)10-6-4-2/h7-8,11-13,15H,3-6,9-10,14H2,1-2H3. The molecule has 0 spiro atoms. The second-order valence-corrected chi connectivity index (χ2v) is 6.32. The second-order valence-electron chi connectivity index (χ2n) is 6.32. The van der Waals surface area contributed by atoms with Gasteiger partial charge in [0.25, 0.3) is 0 Å². The van der Waals surface area contributed by atoms with Gasteiger partial charge >= 0.3 is 0 Å². The van der Waals surface area contributed by atoms with Gasteiger partial charge in [0.15, 0.2) is 0 Å². The van der Waals surface area contributed by atoms with E-state index >= 15 is 0 Å². The van der Waals surface area contributed by atoms with Gasteiger partial charge in [-0.1, -0.05) is 63.1 Å². The molecule has 110 valence electrons. The number of rotatable bonds is 6. The Balaban J connectivity index is 1.99. The van der Waals surface area contributed by atoms with Crippen LogP contribution in [0.4, 0.5) is 0 Å². The van der Waals surface area contributed by atoms with Crippen LogP contribution in [0.2, 0.25) is 0 Å². The Bertz CT molecular complexity index is 622. The zero-order chi connectivity index (χ0) is 14.7. The molecule has 0 heteroatoms. The minimum atomic E-state index is 1.12. The summed E-state index contributed by atoms with van der Waals surface area (Å²) in [6.07, 6.45) is 8.79. The summed E-state index contributed by atoms with van der Waals surface area (Å²) < 4.78 is 0. The van der Waals surface area contributed by atoms with Crippen LogP contribution >= 0.6 is 0 Å². The van der Waals surface area contributed by atoms with Gasteiger partial charge in [0.2, 0.25) is 0 Å². The first kappa shape index (κ1) is 14.4. The van der Waals surface area contributed by atoms with Crippen LogP contribution in [0, 0.1) is 0 Å². The monoisotopic (exact) mass is 278 g/mol. The maximum absolute atomic E-state index is 2.51. The van der Waals surface area contributed by atoms with E-state index in [1.807, 2.05) is 0 Å². The summed E-state index contributed by atoms with van der Waals surface area (Å²) in [6, 6.07) is 13.9. The summed E-state index contributed by atoms with van der Waals surface area (Å²) in [5, 5.41) is 0. The maximum Gasteiger partial charge on any atom is -0.00134 e. The lowest BCUT2D eigenvalue weighted by atomic mass is 9.92. The van der Waals surface area contributed by atoms with Crippen molar-refractivity contribution in [3.63, 3.8) is 0 Å². The van der Waals surface area contributed by atoms with E-state index in [1.165, 1.54) is 55.2 Å². The molecule has 3 rings (SSSR count). The minimum Gasteiger partial charge on any atom is -0.0654 e. The molecule has 0 heterocycles. The summed E-state index contributed by atoms with van der Waals surface area (Å²) in [5.41, 5.74) is 9.21. The van der Waals surface area contributed by atoms with Crippen molar-refractivity contribution < 1.29 is 0 Å². The van der Waals surface area contributed by atoms with Crippen molar-refractivity contribution in [3.05, 3.63) is 58.7 Å². The number of benzene rings is 2. The number of hydrogen-bond acceptors (Lipinski definition) is 0. The van der Waals surface area contributed by atoms with Gasteiger partial charge in [0.1, 0.15) is 0 Å². The SMILES string of the molecule is CCCCc1cc2c(cc1CCCC)-c1ccccc1C2. The molecule has 0 saturated heterocycles. The normalized spacial score (nSPS) is 12.3. The van der Waals surface area contributed by atoms with E-state index in [-0.39, 0.29) is 0 Å². The molecule has 0 unspecified atom stereocenters. The molecule has 2 aromatic rings. The third kappa shape index (κ3) is 2.90. The summed E-state index contributed by atoms with van der Waals surface area (Å²) >= 11 is 0. The molecule has 0 fully saturated rings. The van der Waals surface area contributed by atoms with Crippen molar-refractivity contribution in [2.45, 2.75) is 58.8 Å². The van der Waals surface area contributed by atoms with Crippen LogP contribution in [0.25, 0.3) is 11.1 Å². The van der Waals surface area contributed by atoms with Crippen molar-refractivity contribution >= 4 is 0 Å². The predicted molar refractivity (Wildman–Crippen MR) is 91.9 cm³/mol. The zero-order valence-electron chi connectivity index (χ0n) is 13.4. The first-order chi connectivity index (χ1) is 10.3. The quantitative estimate of drug-likeness (QED) is 0.523. The fourth-order valence-electron chi connectivity index (χ4n) is 3.48. The van der Waals surface area contributed by atoms with Crippen molar-refractivity contribution in [1.29, 1.82) is 0 Å². The smallest absolute Gasteiger partial charge is 0.00134 e. The molecule has 21 heavy (non-hydrogen) atoms. The van der Waals surface area contributed by atoms with E-state index in [1.54, 1.807) is 16.7 Å². The third-order valence-electron chi connectivity index (χ3n) is 4.71. The average molecular weight is 278 g/mol. The van der Waals surface area contributed by atoms with Crippen LogP contribution in [0.15, 0.2) is 36.4 Å². The predicted octanol–water partition coefficient (Wildman–Crippen LogP) is 5.94. The fourth-order valence-corrected chi connectivity index (χ4v) is 3.48. The van der Waals surface area contributed by atoms with Crippen LogP contribution in [0.3, 0.4) is 0 Å². The molecule has 0 nitrogen and oxygen atoms in total. The highest BCUT2D eigenvalue weighted by atomic mass is 14.2. The topological polar surface area (TPSA) is 0 Å². The van der Waals surface area contributed by atoms with E-state index in [0.717, 1.165) is 6.42 Å². The highest BCUT2D eigenvalue weighted by Gasteiger charge is 2.19. The van der Waals surface area contributed by atoms with Gasteiger partial charge in [-0.3, -0.25) is 0 Å². The van der Waals surface area contributed by atoms with E-state index < -0.39 is 0 Å². The lowest BCUT2D eigenvalue weighted by Gasteiger charge is -2.13. The Kier molecular flexibility index (Phi) is 4.43. The molecule has 0 aromatic heterocycles. The molecule has 0 saturated carbocycles. The molecule has 0 N–H and O–H groups in total. The molecule has 0 bridgehead atoms. The summed E-state index contributed by atoms with van der Waals surface area (Å²) in [5.74, 6) is 0. The zero-order valence-corrected chi connectivity index (χ0v) is 13.4. The maximum atomic E-state index is 2.51. The van der Waals surface area contributed by atoms with Gasteiger partial charge in [-0.05, 0) is 65.5 Å². The van der Waals surface area contributed by atoms with Gasteiger partial charge in [-0.25, -0.2) is 0 Å². The molecular formula is C21H26. The van der Waals surface area contributed by atoms with Crippen molar-refractivity contribution in [1.82, 2.24) is 0 Å². The Morgan fingerprint density at radius 1 is 0.762 bits per heavy atom. The van der Waals surface area contributed by atoms with Gasteiger partial charge < -0.3 is 0 Å². The average Bonchev–Trinajstić information content (AvgIpc) is 2.87. The summed E-state index contributed by atoms with van der Waals surface area (Å²) in [7, 11) is 0. The van der Waals surface area contributed by atoms with E-state index in [4.69, 9.17) is 0 Å².